The van der Waals surface area contributed by atoms with E-state index in [0.717, 1.165) is 30.3 Å². The maximum absolute atomic E-state index is 11.4. The fraction of sp³-hybridized carbons (Fsp3) is 0.312. The van der Waals surface area contributed by atoms with E-state index < -0.39 is 0 Å². The molecule has 0 fully saturated rings. The quantitative estimate of drug-likeness (QED) is 0.511. The number of aryl methyl sites for hydroxylation is 2. The number of unbranched alkanes of at least 4 members (excludes halogenated alkanes) is 1. The number of benzene rings is 1. The standard InChI is InChI=1S/C16H17N3O3.ClH/c1-12-8-16(20)22-15-9-13(4-5-14(12)15)21-7-3-2-6-19-11-17-10-18-19;/h4-5,8-11H,2-3,6-7H2,1H3;1H. The maximum Gasteiger partial charge on any atom is 0.336 e. The molecule has 0 aliphatic heterocycles. The molecule has 0 radical (unpaired) electrons. The first kappa shape index (κ1) is 17.0. The monoisotopic (exact) mass is 335 g/mol. The molecule has 0 saturated carbocycles. The molecule has 23 heavy (non-hydrogen) atoms. The lowest BCUT2D eigenvalue weighted by atomic mass is 10.1. The second-order valence-electron chi connectivity index (χ2n) is 5.12. The molecule has 122 valence electrons. The summed E-state index contributed by atoms with van der Waals surface area (Å²) in [6.07, 6.45) is 5.11. The summed E-state index contributed by atoms with van der Waals surface area (Å²) in [5.41, 5.74) is 1.13. The number of fused-ring (bicyclic) bond motifs is 1. The van der Waals surface area contributed by atoms with Crippen LogP contribution in [0.25, 0.3) is 11.0 Å². The Labute approximate surface area is 139 Å². The second-order valence-corrected chi connectivity index (χ2v) is 5.12. The van der Waals surface area contributed by atoms with E-state index in [1.165, 1.54) is 12.4 Å². The van der Waals surface area contributed by atoms with E-state index in [0.29, 0.717) is 17.9 Å². The molecule has 1 aromatic carbocycles. The summed E-state index contributed by atoms with van der Waals surface area (Å²) < 4.78 is 12.7. The minimum atomic E-state index is -0.338. The molecule has 0 aliphatic carbocycles. The van der Waals surface area contributed by atoms with Gasteiger partial charge in [0.2, 0.25) is 0 Å². The van der Waals surface area contributed by atoms with Crippen molar-refractivity contribution in [2.24, 2.45) is 0 Å². The summed E-state index contributed by atoms with van der Waals surface area (Å²) in [6.45, 7) is 3.33. The smallest absolute Gasteiger partial charge is 0.336 e. The molecule has 0 bridgehead atoms. The first-order chi connectivity index (χ1) is 10.7. The van der Waals surface area contributed by atoms with Crippen LogP contribution in [0.1, 0.15) is 18.4 Å². The van der Waals surface area contributed by atoms with Gasteiger partial charge in [-0.25, -0.2) is 9.78 Å². The van der Waals surface area contributed by atoms with Crippen LogP contribution in [-0.4, -0.2) is 21.4 Å². The third-order valence-corrected chi connectivity index (χ3v) is 3.44. The van der Waals surface area contributed by atoms with Crippen molar-refractivity contribution in [1.29, 1.82) is 0 Å². The SMILES string of the molecule is Cc1cc(=O)oc2cc(OCCCCn3cncn3)ccc12.Cl. The zero-order chi connectivity index (χ0) is 15.4. The van der Waals surface area contributed by atoms with Crippen molar-refractivity contribution < 1.29 is 9.15 Å². The summed E-state index contributed by atoms with van der Waals surface area (Å²) in [7, 11) is 0. The van der Waals surface area contributed by atoms with Crippen LogP contribution >= 0.6 is 12.4 Å². The van der Waals surface area contributed by atoms with Crippen molar-refractivity contribution in [3.63, 3.8) is 0 Å². The largest absolute Gasteiger partial charge is 0.493 e. The van der Waals surface area contributed by atoms with Crippen molar-refractivity contribution in [3.05, 3.63) is 52.9 Å². The highest BCUT2D eigenvalue weighted by atomic mass is 35.5. The Morgan fingerprint density at radius 2 is 2.13 bits per heavy atom. The Balaban J connectivity index is 0.00000192. The van der Waals surface area contributed by atoms with Gasteiger partial charge >= 0.3 is 5.63 Å². The van der Waals surface area contributed by atoms with Gasteiger partial charge in [-0.2, -0.15) is 5.10 Å². The Morgan fingerprint density at radius 1 is 1.26 bits per heavy atom. The van der Waals surface area contributed by atoms with E-state index in [2.05, 4.69) is 10.1 Å². The van der Waals surface area contributed by atoms with Gasteiger partial charge in [0.25, 0.3) is 0 Å². The fourth-order valence-electron chi connectivity index (χ4n) is 2.31. The molecular weight excluding hydrogens is 318 g/mol. The van der Waals surface area contributed by atoms with Gasteiger partial charge in [-0.1, -0.05) is 0 Å². The van der Waals surface area contributed by atoms with Crippen molar-refractivity contribution in [2.75, 3.05) is 6.61 Å². The van der Waals surface area contributed by atoms with E-state index >= 15 is 0 Å². The first-order valence-electron chi connectivity index (χ1n) is 7.22. The van der Waals surface area contributed by atoms with Crippen LogP contribution in [-0.2, 0) is 6.54 Å². The zero-order valence-electron chi connectivity index (χ0n) is 12.8. The predicted molar refractivity (Wildman–Crippen MR) is 89.2 cm³/mol. The van der Waals surface area contributed by atoms with Crippen molar-refractivity contribution in [3.8, 4) is 5.75 Å². The average Bonchev–Trinajstić information content (AvgIpc) is 2.99. The molecule has 0 saturated heterocycles. The van der Waals surface area contributed by atoms with Crippen LogP contribution in [0.3, 0.4) is 0 Å². The highest BCUT2D eigenvalue weighted by molar-refractivity contribution is 5.85. The second kappa shape index (κ2) is 7.78. The minimum Gasteiger partial charge on any atom is -0.493 e. The summed E-state index contributed by atoms with van der Waals surface area (Å²) in [6, 6.07) is 7.07. The number of halogens is 1. The van der Waals surface area contributed by atoms with E-state index in [1.807, 2.05) is 19.1 Å². The molecule has 0 N–H and O–H groups in total. The topological polar surface area (TPSA) is 70.2 Å². The molecule has 3 rings (SSSR count). The lowest BCUT2D eigenvalue weighted by Crippen LogP contribution is -2.03. The van der Waals surface area contributed by atoms with Gasteiger partial charge in [0, 0.05) is 24.1 Å². The normalized spacial score (nSPS) is 10.5. The number of nitrogens with zero attached hydrogens (tertiary/aromatic N) is 3. The third-order valence-electron chi connectivity index (χ3n) is 3.44. The Hall–Kier alpha value is -2.34. The number of aromatic nitrogens is 3. The molecule has 0 atom stereocenters. The molecule has 0 unspecified atom stereocenters. The fourth-order valence-corrected chi connectivity index (χ4v) is 2.31. The van der Waals surface area contributed by atoms with Crippen molar-refractivity contribution in [2.45, 2.75) is 26.3 Å². The molecule has 7 heteroatoms. The van der Waals surface area contributed by atoms with E-state index in [9.17, 15) is 4.79 Å². The van der Waals surface area contributed by atoms with Crippen LogP contribution in [0, 0.1) is 6.92 Å². The van der Waals surface area contributed by atoms with Gasteiger partial charge in [0.1, 0.15) is 24.0 Å². The Kier molecular flexibility index (Phi) is 5.76. The van der Waals surface area contributed by atoms with Gasteiger partial charge in [-0.15, -0.1) is 12.4 Å². The van der Waals surface area contributed by atoms with Crippen LogP contribution in [0.2, 0.25) is 0 Å². The van der Waals surface area contributed by atoms with E-state index in [-0.39, 0.29) is 18.0 Å². The minimum absolute atomic E-state index is 0. The molecule has 2 aromatic heterocycles. The Morgan fingerprint density at radius 3 is 2.91 bits per heavy atom. The van der Waals surface area contributed by atoms with Gasteiger partial charge in [-0.3, -0.25) is 4.68 Å². The summed E-state index contributed by atoms with van der Waals surface area (Å²) in [4.78, 5) is 15.3. The Bertz CT molecular complexity index is 815. The molecule has 0 spiro atoms. The van der Waals surface area contributed by atoms with Crippen molar-refractivity contribution >= 4 is 23.4 Å². The molecule has 3 aromatic rings. The first-order valence-corrected chi connectivity index (χ1v) is 7.22. The molecule has 0 amide bonds. The number of rotatable bonds is 6. The lowest BCUT2D eigenvalue weighted by Gasteiger charge is -2.07. The maximum atomic E-state index is 11.4. The van der Waals surface area contributed by atoms with Crippen LogP contribution in [0.15, 0.2) is 46.1 Å². The molecular formula is C16H18ClN3O3. The third kappa shape index (κ3) is 4.32. The van der Waals surface area contributed by atoms with Gasteiger partial charge in [-0.05, 0) is 37.5 Å². The van der Waals surface area contributed by atoms with Crippen LogP contribution in [0.5, 0.6) is 5.75 Å². The zero-order valence-corrected chi connectivity index (χ0v) is 13.6. The van der Waals surface area contributed by atoms with E-state index in [4.69, 9.17) is 9.15 Å². The van der Waals surface area contributed by atoms with E-state index in [1.54, 1.807) is 17.1 Å². The highest BCUT2D eigenvalue weighted by Gasteiger charge is 2.04. The average molecular weight is 336 g/mol. The van der Waals surface area contributed by atoms with Gasteiger partial charge in [0.05, 0.1) is 6.61 Å². The molecule has 6 nitrogen and oxygen atoms in total. The van der Waals surface area contributed by atoms with Crippen LogP contribution in [0.4, 0.5) is 0 Å². The summed E-state index contributed by atoms with van der Waals surface area (Å²) in [5.74, 6) is 0.710. The van der Waals surface area contributed by atoms with Crippen molar-refractivity contribution in [1.82, 2.24) is 14.8 Å². The highest BCUT2D eigenvalue weighted by Crippen LogP contribution is 2.22. The number of hydrogen-bond acceptors (Lipinski definition) is 5. The predicted octanol–water partition coefficient (Wildman–Crippen LogP) is 2.97. The summed E-state index contributed by atoms with van der Waals surface area (Å²) >= 11 is 0. The van der Waals surface area contributed by atoms with Crippen LogP contribution < -0.4 is 10.4 Å². The number of hydrogen-bond donors (Lipinski definition) is 0. The molecule has 0 aliphatic rings. The molecule has 2 heterocycles. The van der Waals surface area contributed by atoms with Gasteiger partial charge < -0.3 is 9.15 Å². The lowest BCUT2D eigenvalue weighted by molar-refractivity contribution is 0.302. The number of ether oxygens (including phenoxy) is 1. The van der Waals surface area contributed by atoms with Gasteiger partial charge in [0.15, 0.2) is 0 Å². The summed E-state index contributed by atoms with van der Waals surface area (Å²) in [5, 5.41) is 4.97.